The van der Waals surface area contributed by atoms with E-state index in [-0.39, 0.29) is 11.8 Å². The molecule has 12 heteroatoms. The van der Waals surface area contributed by atoms with Gasteiger partial charge in [-0.1, -0.05) is 46.0 Å². The lowest BCUT2D eigenvalue weighted by Gasteiger charge is -2.38. The van der Waals surface area contributed by atoms with Crippen LogP contribution in [0.3, 0.4) is 0 Å². The third-order valence-corrected chi connectivity index (χ3v) is 5.85. The number of hydrogen-bond acceptors (Lipinski definition) is 1. The number of alkyl halides is 11. The first kappa shape index (κ1) is 28.2. The van der Waals surface area contributed by atoms with Crippen LogP contribution in [0.25, 0.3) is 0 Å². The molecule has 0 aromatic heterocycles. The number of unbranched alkanes of at least 4 members (excludes halogenated alkanes) is 3. The molecule has 1 rings (SSSR count). The summed E-state index contributed by atoms with van der Waals surface area (Å²) in [6.07, 6.45) is -2.78. The maximum absolute atomic E-state index is 13.9. The van der Waals surface area contributed by atoms with Crippen molar-refractivity contribution in [2.24, 2.45) is 11.8 Å². The van der Waals surface area contributed by atoms with E-state index in [1.165, 1.54) is 0 Å². The van der Waals surface area contributed by atoms with Crippen LogP contribution in [-0.2, 0) is 4.74 Å². The van der Waals surface area contributed by atoms with Crippen molar-refractivity contribution < 1.29 is 53.0 Å². The van der Waals surface area contributed by atoms with Gasteiger partial charge in [-0.05, 0) is 31.1 Å². The maximum Gasteiger partial charge on any atom is 0.460 e. The van der Waals surface area contributed by atoms with Crippen LogP contribution in [0.1, 0.15) is 65.2 Å². The van der Waals surface area contributed by atoms with E-state index in [0.717, 1.165) is 19.3 Å². The molecule has 0 N–H and O–H groups in total. The predicted molar refractivity (Wildman–Crippen MR) is 90.8 cm³/mol. The number of ether oxygens (including phenoxy) is 1. The Morgan fingerprint density at radius 1 is 0.677 bits per heavy atom. The molecule has 0 heterocycles. The second-order valence-electron chi connectivity index (χ2n) is 8.06. The SMILES string of the molecule is CCCCCCC1CCC(CC)C1OCC(F)(F)C(F)(F)C(F)(F)C(F)(F)C(F)(F)F. The van der Waals surface area contributed by atoms with Crippen LogP contribution >= 0.6 is 0 Å². The van der Waals surface area contributed by atoms with Gasteiger partial charge in [0.15, 0.2) is 0 Å². The summed E-state index contributed by atoms with van der Waals surface area (Å²) in [6, 6.07) is 0. The molecule has 0 spiro atoms. The topological polar surface area (TPSA) is 9.23 Å². The fourth-order valence-corrected chi connectivity index (χ4v) is 3.89. The fourth-order valence-electron chi connectivity index (χ4n) is 3.89. The molecule has 3 atom stereocenters. The quantitative estimate of drug-likeness (QED) is 0.204. The van der Waals surface area contributed by atoms with Gasteiger partial charge in [-0.25, -0.2) is 0 Å². The zero-order valence-electron chi connectivity index (χ0n) is 17.2. The van der Waals surface area contributed by atoms with Gasteiger partial charge in [0.1, 0.15) is 6.61 Å². The van der Waals surface area contributed by atoms with Crippen molar-refractivity contribution in [3.05, 3.63) is 0 Å². The molecule has 1 fully saturated rings. The van der Waals surface area contributed by atoms with Gasteiger partial charge >= 0.3 is 29.9 Å². The minimum Gasteiger partial charge on any atom is -0.371 e. The van der Waals surface area contributed by atoms with E-state index in [0.29, 0.717) is 32.1 Å². The Hall–Kier alpha value is -0.810. The molecule has 1 nitrogen and oxygen atoms in total. The van der Waals surface area contributed by atoms with Crippen molar-refractivity contribution in [2.45, 2.75) is 101 Å². The Balaban J connectivity index is 2.97. The molecular weight excluding hydrogens is 453 g/mol. The lowest BCUT2D eigenvalue weighted by atomic mass is 9.93. The van der Waals surface area contributed by atoms with Crippen LogP contribution < -0.4 is 0 Å². The summed E-state index contributed by atoms with van der Waals surface area (Å²) < 4.78 is 149. The van der Waals surface area contributed by atoms with Crippen molar-refractivity contribution in [2.75, 3.05) is 6.61 Å². The third-order valence-electron chi connectivity index (χ3n) is 5.85. The van der Waals surface area contributed by atoms with Crippen molar-refractivity contribution in [1.82, 2.24) is 0 Å². The summed E-state index contributed by atoms with van der Waals surface area (Å²) in [5, 5.41) is 0. The molecule has 0 aromatic rings. The molecule has 0 bridgehead atoms. The molecule has 0 aliphatic heterocycles. The average molecular weight is 480 g/mol. The van der Waals surface area contributed by atoms with E-state index in [1.54, 1.807) is 6.92 Å². The molecule has 3 unspecified atom stereocenters. The summed E-state index contributed by atoms with van der Waals surface area (Å²) in [4.78, 5) is 0. The first-order valence-electron chi connectivity index (χ1n) is 10.2. The number of halogens is 11. The highest BCUT2D eigenvalue weighted by molar-refractivity contribution is 5.06. The maximum atomic E-state index is 13.9. The third kappa shape index (κ3) is 5.58. The zero-order valence-corrected chi connectivity index (χ0v) is 17.2. The molecule has 0 amide bonds. The molecular formula is C19H27F11O. The van der Waals surface area contributed by atoms with Crippen LogP contribution in [0.15, 0.2) is 0 Å². The normalized spacial score (nSPS) is 24.1. The summed E-state index contributed by atoms with van der Waals surface area (Å²) in [5.41, 5.74) is 0. The summed E-state index contributed by atoms with van der Waals surface area (Å²) in [5.74, 6) is -28.4. The molecule has 31 heavy (non-hydrogen) atoms. The summed E-state index contributed by atoms with van der Waals surface area (Å²) in [6.45, 7) is 1.26. The highest BCUT2D eigenvalue weighted by Gasteiger charge is 2.87. The minimum atomic E-state index is -7.38. The lowest BCUT2D eigenvalue weighted by Crippen LogP contribution is -2.67. The van der Waals surface area contributed by atoms with E-state index in [9.17, 15) is 48.3 Å². The Labute approximate surface area is 173 Å². The van der Waals surface area contributed by atoms with Crippen LogP contribution in [0, 0.1) is 11.8 Å². The monoisotopic (exact) mass is 480 g/mol. The largest absolute Gasteiger partial charge is 0.460 e. The van der Waals surface area contributed by atoms with Gasteiger partial charge in [0.2, 0.25) is 0 Å². The van der Waals surface area contributed by atoms with Crippen molar-refractivity contribution >= 4 is 0 Å². The van der Waals surface area contributed by atoms with Crippen LogP contribution in [0.5, 0.6) is 0 Å². The standard InChI is InChI=1S/C19H27F11O/c1-3-5-6-7-8-13-10-9-12(4-2)14(13)31-11-15(20,21)16(22,23)17(24,25)18(26,27)19(28,29)30/h12-14H,3-11H2,1-2H3. The molecule has 186 valence electrons. The lowest BCUT2D eigenvalue weighted by molar-refractivity contribution is -0.425. The first-order valence-corrected chi connectivity index (χ1v) is 10.2. The van der Waals surface area contributed by atoms with E-state index in [4.69, 9.17) is 4.74 Å². The molecule has 0 radical (unpaired) electrons. The zero-order chi connectivity index (χ0) is 24.3. The van der Waals surface area contributed by atoms with Gasteiger partial charge < -0.3 is 4.74 Å². The van der Waals surface area contributed by atoms with Crippen LogP contribution in [-0.4, -0.2) is 42.6 Å². The molecule has 1 saturated carbocycles. The Morgan fingerprint density at radius 2 is 1.23 bits per heavy atom. The highest BCUT2D eigenvalue weighted by Crippen LogP contribution is 2.57. The van der Waals surface area contributed by atoms with Crippen molar-refractivity contribution in [3.8, 4) is 0 Å². The second-order valence-corrected chi connectivity index (χ2v) is 8.06. The first-order chi connectivity index (χ1) is 14.0. The van der Waals surface area contributed by atoms with Crippen LogP contribution in [0.2, 0.25) is 0 Å². The molecule has 0 saturated heterocycles. The van der Waals surface area contributed by atoms with Crippen molar-refractivity contribution in [3.63, 3.8) is 0 Å². The Kier molecular flexibility index (Phi) is 9.09. The van der Waals surface area contributed by atoms with E-state index >= 15 is 0 Å². The highest BCUT2D eigenvalue weighted by atomic mass is 19.4. The molecule has 1 aliphatic carbocycles. The van der Waals surface area contributed by atoms with Gasteiger partial charge in [-0.15, -0.1) is 0 Å². The Morgan fingerprint density at radius 3 is 1.71 bits per heavy atom. The average Bonchev–Trinajstić information content (AvgIpc) is 3.04. The molecule has 1 aliphatic rings. The van der Waals surface area contributed by atoms with E-state index < -0.39 is 42.6 Å². The predicted octanol–water partition coefficient (Wildman–Crippen LogP) is 7.88. The second kappa shape index (κ2) is 9.99. The van der Waals surface area contributed by atoms with Gasteiger partial charge in [0.05, 0.1) is 6.10 Å². The molecule has 0 aromatic carbocycles. The van der Waals surface area contributed by atoms with Crippen LogP contribution in [0.4, 0.5) is 48.3 Å². The van der Waals surface area contributed by atoms with Gasteiger partial charge in [0.25, 0.3) is 0 Å². The van der Waals surface area contributed by atoms with E-state index in [2.05, 4.69) is 0 Å². The Bertz CT molecular complexity index is 560. The van der Waals surface area contributed by atoms with Gasteiger partial charge in [-0.3, -0.25) is 0 Å². The smallest absolute Gasteiger partial charge is 0.371 e. The summed E-state index contributed by atoms with van der Waals surface area (Å²) >= 11 is 0. The fraction of sp³-hybridized carbons (Fsp3) is 1.00. The minimum absolute atomic E-state index is 0.316. The van der Waals surface area contributed by atoms with E-state index in [1.807, 2.05) is 6.92 Å². The van der Waals surface area contributed by atoms with Crippen molar-refractivity contribution in [1.29, 1.82) is 0 Å². The summed E-state index contributed by atoms with van der Waals surface area (Å²) in [7, 11) is 0. The van der Waals surface area contributed by atoms with Gasteiger partial charge in [0, 0.05) is 0 Å². The number of hydrogen-bond donors (Lipinski definition) is 0. The number of rotatable bonds is 12. The van der Waals surface area contributed by atoms with Gasteiger partial charge in [-0.2, -0.15) is 48.3 Å².